The van der Waals surface area contributed by atoms with E-state index >= 15 is 0 Å². The van der Waals surface area contributed by atoms with Gasteiger partial charge in [0.1, 0.15) is 0 Å². The van der Waals surface area contributed by atoms with E-state index in [-0.39, 0.29) is 6.04 Å². The van der Waals surface area contributed by atoms with E-state index in [9.17, 15) is 8.42 Å². The number of benzene rings is 1. The molecule has 0 N–H and O–H groups in total. The lowest BCUT2D eigenvalue weighted by atomic mass is 10.0. The van der Waals surface area contributed by atoms with E-state index in [2.05, 4.69) is 11.1 Å². The molecule has 1 atom stereocenters. The lowest BCUT2D eigenvalue weighted by Crippen LogP contribution is -2.39. The van der Waals surface area contributed by atoms with Gasteiger partial charge in [-0.1, -0.05) is 23.7 Å². The number of nitrogens with zero attached hydrogens (tertiary/aromatic N) is 3. The Balaban J connectivity index is 1.90. The van der Waals surface area contributed by atoms with Crippen molar-refractivity contribution in [2.75, 3.05) is 20.6 Å². The van der Waals surface area contributed by atoms with Crippen LogP contribution in [0.5, 0.6) is 0 Å². The number of aryl methyl sites for hydroxylation is 1. The van der Waals surface area contributed by atoms with Gasteiger partial charge in [0.05, 0.1) is 11.7 Å². The molecule has 1 fully saturated rings. The van der Waals surface area contributed by atoms with Crippen LogP contribution in [-0.4, -0.2) is 42.7 Å². The van der Waals surface area contributed by atoms with E-state index in [1.165, 1.54) is 4.31 Å². The molecule has 1 aliphatic heterocycles. The lowest BCUT2D eigenvalue weighted by Gasteiger charge is -2.27. The van der Waals surface area contributed by atoms with Crippen molar-refractivity contribution in [2.24, 2.45) is 0 Å². The molecule has 0 spiro atoms. The van der Waals surface area contributed by atoms with Gasteiger partial charge < -0.3 is 0 Å². The highest BCUT2D eigenvalue weighted by atomic mass is 35.5. The Hall–Kier alpha value is -1.47. The molecule has 26 heavy (non-hydrogen) atoms. The molecule has 2 heterocycles. The molecule has 140 valence electrons. The third-order valence-corrected chi connectivity index (χ3v) is 6.86. The van der Waals surface area contributed by atoms with E-state index in [4.69, 9.17) is 11.6 Å². The van der Waals surface area contributed by atoms with Crippen molar-refractivity contribution >= 4 is 21.8 Å². The maximum Gasteiger partial charge on any atom is 0.282 e. The van der Waals surface area contributed by atoms with E-state index in [1.54, 1.807) is 18.4 Å². The van der Waals surface area contributed by atoms with Crippen LogP contribution in [0.15, 0.2) is 36.4 Å². The van der Waals surface area contributed by atoms with Gasteiger partial charge in [-0.15, -0.1) is 0 Å². The molecule has 0 saturated carbocycles. The first kappa shape index (κ1) is 19.3. The van der Waals surface area contributed by atoms with E-state index in [1.807, 2.05) is 37.3 Å². The SMILES string of the molecule is Cc1cc(Cc2ccc(Cl)cc2)cc([C@H]2CCCN2S(=O)(=O)N(C)C)n1. The Morgan fingerprint density at radius 2 is 1.88 bits per heavy atom. The van der Waals surface area contributed by atoms with Crippen LogP contribution < -0.4 is 0 Å². The van der Waals surface area contributed by atoms with Crippen molar-refractivity contribution in [1.82, 2.24) is 13.6 Å². The molecule has 5 nitrogen and oxygen atoms in total. The molecule has 1 aromatic heterocycles. The number of pyridine rings is 1. The van der Waals surface area contributed by atoms with Crippen LogP contribution in [0.2, 0.25) is 5.02 Å². The quantitative estimate of drug-likeness (QED) is 0.780. The minimum Gasteiger partial charge on any atom is -0.256 e. The predicted molar refractivity (Wildman–Crippen MR) is 105 cm³/mol. The van der Waals surface area contributed by atoms with Gasteiger partial charge in [-0.2, -0.15) is 17.0 Å². The molecule has 0 radical (unpaired) electrons. The van der Waals surface area contributed by atoms with Gasteiger partial charge in [0, 0.05) is 31.4 Å². The first-order valence-electron chi connectivity index (χ1n) is 8.68. The highest BCUT2D eigenvalue weighted by Gasteiger charge is 2.37. The number of halogens is 1. The number of aromatic nitrogens is 1. The molecule has 0 bridgehead atoms. The molecule has 0 unspecified atom stereocenters. The zero-order valence-electron chi connectivity index (χ0n) is 15.3. The van der Waals surface area contributed by atoms with Gasteiger partial charge in [0.25, 0.3) is 10.2 Å². The van der Waals surface area contributed by atoms with Gasteiger partial charge in [0.2, 0.25) is 0 Å². The molecular weight excluding hydrogens is 370 g/mol. The molecule has 7 heteroatoms. The van der Waals surface area contributed by atoms with Crippen molar-refractivity contribution in [1.29, 1.82) is 0 Å². The Morgan fingerprint density at radius 1 is 1.19 bits per heavy atom. The molecule has 2 aromatic rings. The Morgan fingerprint density at radius 3 is 2.54 bits per heavy atom. The summed E-state index contributed by atoms with van der Waals surface area (Å²) in [5.41, 5.74) is 4.02. The average Bonchev–Trinajstić information content (AvgIpc) is 3.07. The molecule has 1 aromatic carbocycles. The summed E-state index contributed by atoms with van der Waals surface area (Å²) in [7, 11) is -0.312. The summed E-state index contributed by atoms with van der Waals surface area (Å²) in [5.74, 6) is 0. The Bertz CT molecular complexity index is 882. The number of hydrogen-bond acceptors (Lipinski definition) is 3. The van der Waals surface area contributed by atoms with Crippen molar-refractivity contribution < 1.29 is 8.42 Å². The summed E-state index contributed by atoms with van der Waals surface area (Å²) in [6.45, 7) is 2.49. The fourth-order valence-electron chi connectivity index (χ4n) is 3.40. The normalized spacial score (nSPS) is 18.6. The van der Waals surface area contributed by atoms with Crippen molar-refractivity contribution in [3.05, 3.63) is 63.9 Å². The van der Waals surface area contributed by atoms with Gasteiger partial charge in [-0.05, 0) is 61.6 Å². The second kappa shape index (κ2) is 7.64. The summed E-state index contributed by atoms with van der Waals surface area (Å²) >= 11 is 5.96. The van der Waals surface area contributed by atoms with E-state index < -0.39 is 10.2 Å². The Labute approximate surface area is 160 Å². The number of hydrogen-bond donors (Lipinski definition) is 0. The zero-order valence-corrected chi connectivity index (χ0v) is 16.9. The van der Waals surface area contributed by atoms with Gasteiger partial charge >= 0.3 is 0 Å². The molecule has 1 saturated heterocycles. The molecule has 1 aliphatic rings. The van der Waals surface area contributed by atoms with Crippen LogP contribution in [0, 0.1) is 6.92 Å². The largest absolute Gasteiger partial charge is 0.282 e. The predicted octanol–water partition coefficient (Wildman–Crippen LogP) is 3.58. The standard InChI is InChI=1S/C19H24ClN3O2S/c1-14-11-16(12-15-6-8-17(20)9-7-15)13-18(21-14)19-5-4-10-23(19)26(24,25)22(2)3/h6-9,11,13,19H,4-5,10,12H2,1-3H3/t19-/m1/s1. The summed E-state index contributed by atoms with van der Waals surface area (Å²) in [6, 6.07) is 11.7. The first-order valence-corrected chi connectivity index (χ1v) is 10.5. The molecule has 0 amide bonds. The second-order valence-electron chi connectivity index (χ2n) is 6.90. The average molecular weight is 394 g/mol. The van der Waals surface area contributed by atoms with Crippen LogP contribution >= 0.6 is 11.6 Å². The highest BCUT2D eigenvalue weighted by molar-refractivity contribution is 7.86. The fourth-order valence-corrected chi connectivity index (χ4v) is 4.84. The first-order chi connectivity index (χ1) is 12.3. The van der Waals surface area contributed by atoms with Crippen LogP contribution in [-0.2, 0) is 16.6 Å². The topological polar surface area (TPSA) is 53.5 Å². The molecule has 3 rings (SSSR count). The summed E-state index contributed by atoms with van der Waals surface area (Å²) < 4.78 is 28.1. The second-order valence-corrected chi connectivity index (χ2v) is 9.44. The van der Waals surface area contributed by atoms with E-state index in [0.29, 0.717) is 6.54 Å². The number of rotatable bonds is 5. The van der Waals surface area contributed by atoms with Gasteiger partial charge in [-0.25, -0.2) is 0 Å². The maximum absolute atomic E-state index is 12.6. The van der Waals surface area contributed by atoms with Crippen LogP contribution in [0.1, 0.15) is 41.4 Å². The Kier molecular flexibility index (Phi) is 5.67. The van der Waals surface area contributed by atoms with Crippen LogP contribution in [0.25, 0.3) is 0 Å². The smallest absolute Gasteiger partial charge is 0.256 e. The van der Waals surface area contributed by atoms with E-state index in [0.717, 1.165) is 46.8 Å². The van der Waals surface area contributed by atoms with Crippen LogP contribution in [0.3, 0.4) is 0 Å². The fraction of sp³-hybridized carbons (Fsp3) is 0.421. The maximum atomic E-state index is 12.6. The van der Waals surface area contributed by atoms with Crippen molar-refractivity contribution in [2.45, 2.75) is 32.2 Å². The zero-order chi connectivity index (χ0) is 18.9. The van der Waals surface area contributed by atoms with Gasteiger partial charge in [0.15, 0.2) is 0 Å². The summed E-state index contributed by atoms with van der Waals surface area (Å²) in [5, 5.41) is 0.718. The van der Waals surface area contributed by atoms with Gasteiger partial charge in [-0.3, -0.25) is 4.98 Å². The minimum atomic E-state index is -3.45. The van der Waals surface area contributed by atoms with Crippen molar-refractivity contribution in [3.63, 3.8) is 0 Å². The molecule has 0 aliphatic carbocycles. The minimum absolute atomic E-state index is 0.203. The third kappa shape index (κ3) is 4.09. The molecular formula is C19H24ClN3O2S. The third-order valence-electron chi connectivity index (χ3n) is 4.66. The summed E-state index contributed by atoms with van der Waals surface area (Å²) in [4.78, 5) is 4.65. The van der Waals surface area contributed by atoms with Crippen LogP contribution in [0.4, 0.5) is 0 Å². The highest BCUT2D eigenvalue weighted by Crippen LogP contribution is 2.34. The van der Waals surface area contributed by atoms with Crippen molar-refractivity contribution in [3.8, 4) is 0 Å². The monoisotopic (exact) mass is 393 g/mol. The summed E-state index contributed by atoms with van der Waals surface area (Å²) in [6.07, 6.45) is 2.41. The lowest BCUT2D eigenvalue weighted by molar-refractivity contribution is 0.357.